The summed E-state index contributed by atoms with van der Waals surface area (Å²) >= 11 is 1.58. The minimum atomic E-state index is -0.0396. The Morgan fingerprint density at radius 3 is 3.00 bits per heavy atom. The van der Waals surface area contributed by atoms with E-state index in [1.54, 1.807) is 11.8 Å². The highest BCUT2D eigenvalue weighted by atomic mass is 32.2. The average molecular weight is 278 g/mol. The fourth-order valence-electron chi connectivity index (χ4n) is 1.88. The fourth-order valence-corrected chi connectivity index (χ4v) is 2.81. The quantitative estimate of drug-likeness (QED) is 0.887. The van der Waals surface area contributed by atoms with Gasteiger partial charge in [-0.15, -0.1) is 11.8 Å². The first-order chi connectivity index (χ1) is 9.10. The number of carbonyl (C=O) groups is 2. The van der Waals surface area contributed by atoms with Crippen LogP contribution < -0.4 is 10.6 Å². The van der Waals surface area contributed by atoms with Gasteiger partial charge in [0, 0.05) is 17.9 Å². The van der Waals surface area contributed by atoms with Gasteiger partial charge in [-0.05, 0) is 31.0 Å². The number of anilines is 1. The third-order valence-electron chi connectivity index (χ3n) is 3.03. The van der Waals surface area contributed by atoms with Gasteiger partial charge in [0.1, 0.15) is 0 Å². The van der Waals surface area contributed by atoms with Crippen molar-refractivity contribution in [2.24, 2.45) is 0 Å². The van der Waals surface area contributed by atoms with Crippen LogP contribution in [0, 0.1) is 0 Å². The van der Waals surface area contributed by atoms with Gasteiger partial charge in [0.05, 0.1) is 10.9 Å². The number of thioether (sulfide) groups is 1. The molecule has 19 heavy (non-hydrogen) atoms. The predicted octanol–water partition coefficient (Wildman–Crippen LogP) is 2.19. The zero-order valence-corrected chi connectivity index (χ0v) is 12.0. The van der Waals surface area contributed by atoms with E-state index in [1.165, 1.54) is 0 Å². The minimum absolute atomic E-state index is 0.0396. The van der Waals surface area contributed by atoms with Gasteiger partial charge in [0.25, 0.3) is 0 Å². The van der Waals surface area contributed by atoms with Crippen LogP contribution in [0.2, 0.25) is 0 Å². The Morgan fingerprint density at radius 1 is 1.47 bits per heavy atom. The van der Waals surface area contributed by atoms with Crippen molar-refractivity contribution in [3.8, 4) is 0 Å². The summed E-state index contributed by atoms with van der Waals surface area (Å²) in [6, 6.07) is 6.07. The highest BCUT2D eigenvalue weighted by molar-refractivity contribution is 8.00. The van der Waals surface area contributed by atoms with Crippen molar-refractivity contribution in [1.82, 2.24) is 5.32 Å². The number of rotatable bonds is 4. The molecule has 1 heterocycles. The zero-order chi connectivity index (χ0) is 13.8. The minimum Gasteiger partial charge on any atom is -0.356 e. The Balaban J connectivity index is 1.99. The maximum Gasteiger partial charge on any atom is 0.237 e. The fraction of sp³-hybridized carbons (Fsp3) is 0.429. The lowest BCUT2D eigenvalue weighted by atomic mass is 10.1. The first-order valence-corrected chi connectivity index (χ1v) is 7.35. The van der Waals surface area contributed by atoms with Gasteiger partial charge >= 0.3 is 0 Å². The third kappa shape index (κ3) is 3.50. The first-order valence-electron chi connectivity index (χ1n) is 6.47. The molecule has 1 atom stereocenters. The van der Waals surface area contributed by atoms with Crippen molar-refractivity contribution in [3.05, 3.63) is 23.8 Å². The molecule has 0 saturated heterocycles. The smallest absolute Gasteiger partial charge is 0.237 e. The van der Waals surface area contributed by atoms with E-state index in [4.69, 9.17) is 0 Å². The summed E-state index contributed by atoms with van der Waals surface area (Å²) in [7, 11) is 0. The summed E-state index contributed by atoms with van der Waals surface area (Å²) in [6.07, 6.45) is 1.28. The first kappa shape index (κ1) is 13.9. The molecule has 1 aromatic carbocycles. The number of nitrogens with one attached hydrogen (secondary N) is 2. The highest BCUT2D eigenvalue weighted by Crippen LogP contribution is 2.35. The molecular weight excluding hydrogens is 260 g/mol. The molecule has 1 aromatic rings. The standard InChI is InChI=1S/C14H18N2O2S/c1-3-13(17)15-7-6-10-4-5-12-11(8-10)16-14(18)9(2)19-12/h4-5,8-9H,3,6-7H2,1-2H3,(H,15,17)(H,16,18). The van der Waals surface area contributed by atoms with Crippen molar-refractivity contribution < 1.29 is 9.59 Å². The summed E-state index contributed by atoms with van der Waals surface area (Å²) in [5.41, 5.74) is 2.00. The number of hydrogen-bond acceptors (Lipinski definition) is 3. The molecule has 102 valence electrons. The third-order valence-corrected chi connectivity index (χ3v) is 4.21. The molecule has 5 heteroatoms. The Morgan fingerprint density at radius 2 is 2.26 bits per heavy atom. The van der Waals surface area contributed by atoms with E-state index in [9.17, 15) is 9.59 Å². The number of amides is 2. The lowest BCUT2D eigenvalue weighted by Crippen LogP contribution is -2.27. The van der Waals surface area contributed by atoms with Gasteiger partial charge in [0.2, 0.25) is 11.8 Å². The molecule has 2 amide bonds. The van der Waals surface area contributed by atoms with Crippen LogP contribution in [0.5, 0.6) is 0 Å². The summed E-state index contributed by atoms with van der Waals surface area (Å²) in [5, 5.41) is 5.72. The molecule has 0 spiro atoms. The summed E-state index contributed by atoms with van der Waals surface area (Å²) in [4.78, 5) is 23.9. The molecule has 0 bridgehead atoms. The second-order valence-corrected chi connectivity index (χ2v) is 5.92. The Labute approximate surface area is 117 Å². The molecule has 0 fully saturated rings. The number of benzene rings is 1. The molecule has 2 rings (SSSR count). The van der Waals surface area contributed by atoms with E-state index in [2.05, 4.69) is 10.6 Å². The molecule has 2 N–H and O–H groups in total. The largest absolute Gasteiger partial charge is 0.356 e. The zero-order valence-electron chi connectivity index (χ0n) is 11.2. The molecule has 1 aliphatic rings. The Kier molecular flexibility index (Phi) is 4.47. The number of fused-ring (bicyclic) bond motifs is 1. The lowest BCUT2D eigenvalue weighted by Gasteiger charge is -2.21. The molecular formula is C14H18N2O2S. The predicted molar refractivity (Wildman–Crippen MR) is 77.4 cm³/mol. The highest BCUT2D eigenvalue weighted by Gasteiger charge is 2.22. The van der Waals surface area contributed by atoms with Crippen LogP contribution in [-0.4, -0.2) is 23.6 Å². The Bertz CT molecular complexity index is 502. The average Bonchev–Trinajstić information content (AvgIpc) is 2.40. The summed E-state index contributed by atoms with van der Waals surface area (Å²) in [5.74, 6) is 0.115. The van der Waals surface area contributed by atoms with Crippen molar-refractivity contribution in [1.29, 1.82) is 0 Å². The van der Waals surface area contributed by atoms with E-state index in [-0.39, 0.29) is 17.1 Å². The molecule has 0 aromatic heterocycles. The number of hydrogen-bond donors (Lipinski definition) is 2. The van der Waals surface area contributed by atoms with E-state index in [1.807, 2.05) is 32.0 Å². The van der Waals surface area contributed by atoms with E-state index < -0.39 is 0 Å². The van der Waals surface area contributed by atoms with Crippen LogP contribution in [0.1, 0.15) is 25.8 Å². The van der Waals surface area contributed by atoms with Gasteiger partial charge < -0.3 is 10.6 Å². The Hall–Kier alpha value is -1.49. The van der Waals surface area contributed by atoms with Crippen LogP contribution in [-0.2, 0) is 16.0 Å². The normalized spacial score (nSPS) is 17.6. The van der Waals surface area contributed by atoms with Crippen molar-refractivity contribution in [2.75, 3.05) is 11.9 Å². The van der Waals surface area contributed by atoms with Crippen LogP contribution in [0.4, 0.5) is 5.69 Å². The van der Waals surface area contributed by atoms with Gasteiger partial charge in [0.15, 0.2) is 0 Å². The second kappa shape index (κ2) is 6.10. The van der Waals surface area contributed by atoms with Crippen LogP contribution >= 0.6 is 11.8 Å². The maximum atomic E-state index is 11.6. The van der Waals surface area contributed by atoms with Gasteiger partial charge in [-0.25, -0.2) is 0 Å². The van der Waals surface area contributed by atoms with Gasteiger partial charge in [-0.3, -0.25) is 9.59 Å². The van der Waals surface area contributed by atoms with Crippen molar-refractivity contribution in [2.45, 2.75) is 36.8 Å². The lowest BCUT2D eigenvalue weighted by molar-refractivity contribution is -0.120. The van der Waals surface area contributed by atoms with Gasteiger partial charge in [-0.1, -0.05) is 13.0 Å². The van der Waals surface area contributed by atoms with Gasteiger partial charge in [-0.2, -0.15) is 0 Å². The van der Waals surface area contributed by atoms with E-state index in [0.717, 1.165) is 22.6 Å². The van der Waals surface area contributed by atoms with Crippen LogP contribution in [0.3, 0.4) is 0 Å². The number of carbonyl (C=O) groups excluding carboxylic acids is 2. The molecule has 4 nitrogen and oxygen atoms in total. The van der Waals surface area contributed by atoms with E-state index in [0.29, 0.717) is 13.0 Å². The van der Waals surface area contributed by atoms with Crippen LogP contribution in [0.15, 0.2) is 23.1 Å². The molecule has 0 saturated carbocycles. The molecule has 1 unspecified atom stereocenters. The van der Waals surface area contributed by atoms with Crippen molar-refractivity contribution >= 4 is 29.3 Å². The molecule has 0 radical (unpaired) electrons. The molecule has 1 aliphatic heterocycles. The summed E-state index contributed by atoms with van der Waals surface area (Å²) < 4.78 is 0. The van der Waals surface area contributed by atoms with Crippen LogP contribution in [0.25, 0.3) is 0 Å². The maximum absolute atomic E-state index is 11.6. The topological polar surface area (TPSA) is 58.2 Å². The summed E-state index contributed by atoms with van der Waals surface area (Å²) in [6.45, 7) is 4.36. The SMILES string of the molecule is CCC(=O)NCCc1ccc2c(c1)NC(=O)C(C)S2. The van der Waals surface area contributed by atoms with Crippen molar-refractivity contribution in [3.63, 3.8) is 0 Å². The van der Waals surface area contributed by atoms with E-state index >= 15 is 0 Å². The second-order valence-electron chi connectivity index (χ2n) is 4.53. The monoisotopic (exact) mass is 278 g/mol. The molecule has 0 aliphatic carbocycles.